The Morgan fingerprint density at radius 1 is 1.44 bits per heavy atom. The summed E-state index contributed by atoms with van der Waals surface area (Å²) in [6.07, 6.45) is 3.72. The van der Waals surface area contributed by atoms with Crippen LogP contribution < -0.4 is 0 Å². The zero-order valence-electron chi connectivity index (χ0n) is 10.1. The molecule has 18 heavy (non-hydrogen) atoms. The number of ketones is 1. The number of fused-ring (bicyclic) bond motifs is 1. The lowest BCUT2D eigenvalue weighted by atomic mass is 10.0. The van der Waals surface area contributed by atoms with Gasteiger partial charge in [0.1, 0.15) is 0 Å². The summed E-state index contributed by atoms with van der Waals surface area (Å²) in [5, 5.41) is 11.4. The van der Waals surface area contributed by atoms with Crippen molar-refractivity contribution in [3.8, 4) is 0 Å². The standard InChI is InChI=1S/C13H14N2O3/c1-2-3-7-12(16)9-8-14-10-5-4-6-11(13(9)10)15(17)18/h4-6,8,14H,2-3,7H2,1H3. The van der Waals surface area contributed by atoms with Crippen molar-refractivity contribution < 1.29 is 9.72 Å². The van der Waals surface area contributed by atoms with E-state index >= 15 is 0 Å². The molecule has 0 amide bonds. The van der Waals surface area contributed by atoms with Crippen molar-refractivity contribution in [1.29, 1.82) is 0 Å². The molecule has 0 spiro atoms. The largest absolute Gasteiger partial charge is 0.360 e. The van der Waals surface area contributed by atoms with Crippen molar-refractivity contribution in [2.75, 3.05) is 0 Å². The van der Waals surface area contributed by atoms with Gasteiger partial charge in [-0.3, -0.25) is 14.9 Å². The second-order valence-electron chi connectivity index (χ2n) is 4.19. The average Bonchev–Trinajstić information content (AvgIpc) is 2.79. The minimum absolute atomic E-state index is 0.0198. The van der Waals surface area contributed by atoms with E-state index in [1.54, 1.807) is 18.3 Å². The summed E-state index contributed by atoms with van der Waals surface area (Å²) < 4.78 is 0. The first-order valence-corrected chi connectivity index (χ1v) is 5.92. The third-order valence-electron chi connectivity index (χ3n) is 2.94. The van der Waals surface area contributed by atoms with Crippen molar-refractivity contribution in [3.05, 3.63) is 40.1 Å². The van der Waals surface area contributed by atoms with Crippen LogP contribution in [-0.4, -0.2) is 15.7 Å². The lowest BCUT2D eigenvalue weighted by molar-refractivity contribution is -0.383. The molecule has 0 atom stereocenters. The molecule has 2 rings (SSSR count). The number of rotatable bonds is 5. The van der Waals surface area contributed by atoms with E-state index in [1.165, 1.54) is 6.07 Å². The van der Waals surface area contributed by atoms with Gasteiger partial charge in [0.05, 0.1) is 15.8 Å². The molecule has 2 aromatic rings. The molecule has 0 aliphatic heterocycles. The van der Waals surface area contributed by atoms with Gasteiger partial charge in [0.25, 0.3) is 5.69 Å². The minimum atomic E-state index is -0.452. The summed E-state index contributed by atoms with van der Waals surface area (Å²) in [5.41, 5.74) is 1.03. The molecule has 0 saturated heterocycles. The molecule has 1 N–H and O–H groups in total. The third-order valence-corrected chi connectivity index (χ3v) is 2.94. The lowest BCUT2D eigenvalue weighted by Gasteiger charge is -1.99. The highest BCUT2D eigenvalue weighted by molar-refractivity contribution is 6.10. The molecule has 1 aromatic carbocycles. The van der Waals surface area contributed by atoms with Crippen LogP contribution in [0.1, 0.15) is 36.5 Å². The van der Waals surface area contributed by atoms with E-state index in [0.29, 0.717) is 22.9 Å². The van der Waals surface area contributed by atoms with Crippen LogP contribution in [0, 0.1) is 10.1 Å². The molecule has 0 fully saturated rings. The number of benzene rings is 1. The van der Waals surface area contributed by atoms with Crippen LogP contribution in [0.5, 0.6) is 0 Å². The van der Waals surface area contributed by atoms with Gasteiger partial charge in [-0.25, -0.2) is 0 Å². The molecular formula is C13H14N2O3. The molecule has 0 saturated carbocycles. The molecule has 1 heterocycles. The van der Waals surface area contributed by atoms with Gasteiger partial charge in [-0.2, -0.15) is 0 Å². The van der Waals surface area contributed by atoms with Gasteiger partial charge < -0.3 is 4.98 Å². The van der Waals surface area contributed by atoms with Crippen LogP contribution in [0.15, 0.2) is 24.4 Å². The number of carbonyl (C=O) groups excluding carboxylic acids is 1. The zero-order chi connectivity index (χ0) is 13.1. The van der Waals surface area contributed by atoms with Crippen molar-refractivity contribution in [2.24, 2.45) is 0 Å². The van der Waals surface area contributed by atoms with Gasteiger partial charge in [-0.15, -0.1) is 0 Å². The molecule has 5 nitrogen and oxygen atoms in total. The maximum Gasteiger partial charge on any atom is 0.279 e. The molecule has 1 aromatic heterocycles. The normalized spacial score (nSPS) is 10.7. The van der Waals surface area contributed by atoms with E-state index in [-0.39, 0.29) is 11.5 Å². The first-order chi connectivity index (χ1) is 8.65. The van der Waals surface area contributed by atoms with E-state index in [2.05, 4.69) is 4.98 Å². The second-order valence-corrected chi connectivity index (χ2v) is 4.19. The number of Topliss-reactive ketones (excluding diaryl/α,β-unsaturated/α-hetero) is 1. The van der Waals surface area contributed by atoms with Crippen LogP contribution in [0.25, 0.3) is 10.9 Å². The predicted molar refractivity (Wildman–Crippen MR) is 68.8 cm³/mol. The van der Waals surface area contributed by atoms with Crippen LogP contribution >= 0.6 is 0 Å². The monoisotopic (exact) mass is 246 g/mol. The highest BCUT2D eigenvalue weighted by Crippen LogP contribution is 2.29. The number of aromatic amines is 1. The zero-order valence-corrected chi connectivity index (χ0v) is 10.1. The molecule has 0 aliphatic carbocycles. The van der Waals surface area contributed by atoms with Crippen LogP contribution in [0.4, 0.5) is 5.69 Å². The summed E-state index contributed by atoms with van der Waals surface area (Å²) in [5.74, 6) is -0.0441. The number of unbranched alkanes of at least 4 members (excludes halogenated alkanes) is 1. The van der Waals surface area contributed by atoms with Crippen LogP contribution in [-0.2, 0) is 0 Å². The SMILES string of the molecule is CCCCC(=O)c1c[nH]c2cccc([N+](=O)[O-])c12. The number of non-ortho nitro benzene ring substituents is 1. The molecule has 0 aliphatic rings. The highest BCUT2D eigenvalue weighted by atomic mass is 16.6. The number of nitro groups is 1. The number of aromatic nitrogens is 1. The Morgan fingerprint density at radius 2 is 2.22 bits per heavy atom. The van der Waals surface area contributed by atoms with E-state index < -0.39 is 4.92 Å². The van der Waals surface area contributed by atoms with E-state index in [4.69, 9.17) is 0 Å². The number of hydrogen-bond donors (Lipinski definition) is 1. The maximum absolute atomic E-state index is 12.0. The smallest absolute Gasteiger partial charge is 0.279 e. The maximum atomic E-state index is 12.0. The van der Waals surface area contributed by atoms with E-state index in [9.17, 15) is 14.9 Å². The van der Waals surface area contributed by atoms with Crippen molar-refractivity contribution in [2.45, 2.75) is 26.2 Å². The first kappa shape index (κ1) is 12.3. The fourth-order valence-electron chi connectivity index (χ4n) is 2.01. The van der Waals surface area contributed by atoms with Gasteiger partial charge >= 0.3 is 0 Å². The number of nitrogens with zero attached hydrogens (tertiary/aromatic N) is 1. The van der Waals surface area contributed by atoms with Crippen molar-refractivity contribution >= 4 is 22.4 Å². The molecule has 0 unspecified atom stereocenters. The summed E-state index contributed by atoms with van der Waals surface area (Å²) in [6, 6.07) is 4.77. The fraction of sp³-hybridized carbons (Fsp3) is 0.308. The number of nitro benzene ring substituents is 1. The van der Waals surface area contributed by atoms with Crippen LogP contribution in [0.2, 0.25) is 0 Å². The topological polar surface area (TPSA) is 76.0 Å². The molecule has 5 heteroatoms. The molecule has 0 radical (unpaired) electrons. The van der Waals surface area contributed by atoms with E-state index in [1.807, 2.05) is 6.92 Å². The Labute approximate surface area is 104 Å². The summed E-state index contributed by atoms with van der Waals surface area (Å²) in [7, 11) is 0. The third kappa shape index (κ3) is 2.11. The highest BCUT2D eigenvalue weighted by Gasteiger charge is 2.20. The molecule has 0 bridgehead atoms. The lowest BCUT2D eigenvalue weighted by Crippen LogP contribution is -1.99. The van der Waals surface area contributed by atoms with Gasteiger partial charge in [0.15, 0.2) is 5.78 Å². The number of hydrogen-bond acceptors (Lipinski definition) is 3. The minimum Gasteiger partial charge on any atom is -0.360 e. The van der Waals surface area contributed by atoms with E-state index in [0.717, 1.165) is 12.8 Å². The molecule has 94 valence electrons. The Balaban J connectivity index is 2.51. The Hall–Kier alpha value is -2.17. The molecular weight excluding hydrogens is 232 g/mol. The van der Waals surface area contributed by atoms with Gasteiger partial charge in [0.2, 0.25) is 0 Å². The number of carbonyl (C=O) groups is 1. The number of H-pyrrole nitrogens is 1. The van der Waals surface area contributed by atoms with Gasteiger partial charge in [0, 0.05) is 24.2 Å². The van der Waals surface area contributed by atoms with Crippen LogP contribution in [0.3, 0.4) is 0 Å². The van der Waals surface area contributed by atoms with Gasteiger partial charge in [-0.05, 0) is 12.5 Å². The quantitative estimate of drug-likeness (QED) is 0.498. The summed E-state index contributed by atoms with van der Waals surface area (Å²) >= 11 is 0. The van der Waals surface area contributed by atoms with Gasteiger partial charge in [-0.1, -0.05) is 19.4 Å². The predicted octanol–water partition coefficient (Wildman–Crippen LogP) is 3.45. The first-order valence-electron chi connectivity index (χ1n) is 5.92. The van der Waals surface area contributed by atoms with Crippen molar-refractivity contribution in [3.63, 3.8) is 0 Å². The summed E-state index contributed by atoms with van der Waals surface area (Å²) in [6.45, 7) is 2.00. The Morgan fingerprint density at radius 3 is 2.89 bits per heavy atom. The fourth-order valence-corrected chi connectivity index (χ4v) is 2.01. The average molecular weight is 246 g/mol. The Bertz CT molecular complexity index is 601. The number of nitrogens with one attached hydrogen (secondary N) is 1. The second kappa shape index (κ2) is 5.00. The summed E-state index contributed by atoms with van der Waals surface area (Å²) in [4.78, 5) is 25.5. The van der Waals surface area contributed by atoms with Crippen molar-refractivity contribution in [1.82, 2.24) is 4.98 Å². The Kier molecular flexibility index (Phi) is 3.41.